The number of pyridine rings is 2. The minimum Gasteiger partial charge on any atom is -0.384 e. The summed E-state index contributed by atoms with van der Waals surface area (Å²) in [5.41, 5.74) is 9.10. The van der Waals surface area contributed by atoms with E-state index in [0.29, 0.717) is 18.0 Å². The Morgan fingerprint density at radius 2 is 1.70 bits per heavy atom. The predicted octanol–water partition coefficient (Wildman–Crippen LogP) is 4.19. The number of amides is 1. The Kier molecular flexibility index (Phi) is 6.88. The fraction of sp³-hybridized carbons (Fsp3) is 0.320. The number of anilines is 1. The second-order valence-corrected chi connectivity index (χ2v) is 10.9. The summed E-state index contributed by atoms with van der Waals surface area (Å²) >= 11 is 0. The molecular formula is C25H30N4O3S. The Balaban J connectivity index is 2.04. The molecule has 1 amide bonds. The molecule has 0 fully saturated rings. The molecule has 8 heteroatoms. The molecule has 7 nitrogen and oxygen atoms in total. The molecule has 0 aliphatic heterocycles. The summed E-state index contributed by atoms with van der Waals surface area (Å²) < 4.78 is 27.6. The van der Waals surface area contributed by atoms with Gasteiger partial charge in [0.1, 0.15) is 5.82 Å². The lowest BCUT2D eigenvalue weighted by atomic mass is 9.89. The van der Waals surface area contributed by atoms with Crippen molar-refractivity contribution in [3.63, 3.8) is 0 Å². The topological polar surface area (TPSA) is 115 Å². The van der Waals surface area contributed by atoms with Crippen molar-refractivity contribution in [1.29, 1.82) is 0 Å². The van der Waals surface area contributed by atoms with Crippen molar-refractivity contribution in [1.82, 2.24) is 14.7 Å². The third kappa shape index (κ3) is 5.76. The summed E-state index contributed by atoms with van der Waals surface area (Å²) in [4.78, 5) is 21.7. The highest BCUT2D eigenvalue weighted by Gasteiger charge is 2.25. The molecule has 0 bridgehead atoms. The molecule has 0 saturated carbocycles. The molecule has 174 valence electrons. The molecule has 33 heavy (non-hydrogen) atoms. The Bertz CT molecular complexity index is 1280. The van der Waals surface area contributed by atoms with E-state index in [1.54, 1.807) is 12.1 Å². The van der Waals surface area contributed by atoms with Crippen molar-refractivity contribution in [3.05, 3.63) is 82.7 Å². The molecule has 0 aliphatic carbocycles. The number of aromatic nitrogens is 2. The normalized spacial score (nSPS) is 12.1. The molecule has 0 aliphatic rings. The van der Waals surface area contributed by atoms with Gasteiger partial charge in [0.2, 0.25) is 0 Å². The van der Waals surface area contributed by atoms with Gasteiger partial charge in [-0.25, -0.2) is 9.71 Å². The zero-order chi connectivity index (χ0) is 24.4. The Morgan fingerprint density at radius 3 is 2.33 bits per heavy atom. The third-order valence-corrected chi connectivity index (χ3v) is 6.50. The van der Waals surface area contributed by atoms with E-state index in [4.69, 9.17) is 10.7 Å². The molecule has 0 unspecified atom stereocenters. The van der Waals surface area contributed by atoms with Crippen molar-refractivity contribution in [3.8, 4) is 0 Å². The van der Waals surface area contributed by atoms with Gasteiger partial charge < -0.3 is 5.73 Å². The minimum absolute atomic E-state index is 0.0486. The fourth-order valence-electron chi connectivity index (χ4n) is 3.51. The average Bonchev–Trinajstić information content (AvgIpc) is 2.73. The van der Waals surface area contributed by atoms with Crippen LogP contribution in [0.25, 0.3) is 0 Å². The lowest BCUT2D eigenvalue weighted by Gasteiger charge is -2.21. The van der Waals surface area contributed by atoms with Crippen LogP contribution in [0.1, 0.15) is 73.4 Å². The summed E-state index contributed by atoms with van der Waals surface area (Å²) in [5.74, 6) is -0.420. The number of carbonyl (C=O) groups excluding carboxylic acids is 1. The largest absolute Gasteiger partial charge is 0.384 e. The second kappa shape index (κ2) is 9.31. The maximum absolute atomic E-state index is 13.1. The van der Waals surface area contributed by atoms with E-state index in [-0.39, 0.29) is 21.8 Å². The van der Waals surface area contributed by atoms with Gasteiger partial charge in [-0.3, -0.25) is 9.78 Å². The molecule has 1 aromatic carbocycles. The van der Waals surface area contributed by atoms with Gasteiger partial charge >= 0.3 is 0 Å². The molecule has 0 radical (unpaired) electrons. The Labute approximate surface area is 195 Å². The first-order valence-corrected chi connectivity index (χ1v) is 12.2. The number of sulfonamides is 1. The highest BCUT2D eigenvalue weighted by Crippen LogP contribution is 2.26. The van der Waals surface area contributed by atoms with Gasteiger partial charge in [-0.15, -0.1) is 0 Å². The van der Waals surface area contributed by atoms with E-state index in [1.165, 1.54) is 18.2 Å². The first-order valence-electron chi connectivity index (χ1n) is 10.8. The van der Waals surface area contributed by atoms with E-state index >= 15 is 0 Å². The number of hydrogen-bond donors (Lipinski definition) is 2. The van der Waals surface area contributed by atoms with Crippen LogP contribution in [-0.4, -0.2) is 24.3 Å². The van der Waals surface area contributed by atoms with Gasteiger partial charge in [0, 0.05) is 17.5 Å². The Morgan fingerprint density at radius 1 is 1.00 bits per heavy atom. The molecule has 0 saturated heterocycles. The van der Waals surface area contributed by atoms with Crippen LogP contribution in [0.15, 0.2) is 59.6 Å². The van der Waals surface area contributed by atoms with E-state index in [9.17, 15) is 13.2 Å². The van der Waals surface area contributed by atoms with Crippen molar-refractivity contribution >= 4 is 21.7 Å². The van der Waals surface area contributed by atoms with E-state index in [0.717, 1.165) is 16.8 Å². The molecule has 0 atom stereocenters. The first-order chi connectivity index (χ1) is 15.4. The predicted molar refractivity (Wildman–Crippen MR) is 130 cm³/mol. The van der Waals surface area contributed by atoms with Crippen LogP contribution in [0.5, 0.6) is 0 Å². The Hall–Kier alpha value is -3.26. The van der Waals surface area contributed by atoms with E-state index in [2.05, 4.69) is 29.6 Å². The smallest absolute Gasteiger partial charge is 0.281 e. The van der Waals surface area contributed by atoms with Crippen molar-refractivity contribution in [2.75, 3.05) is 5.73 Å². The SMILES string of the molecule is CC(C)c1ccccc1Cc1nc(C(C)(C)C)ccc1C(=O)NS(=O)(=O)c1cccc(N)n1. The average molecular weight is 467 g/mol. The maximum atomic E-state index is 13.1. The summed E-state index contributed by atoms with van der Waals surface area (Å²) in [6, 6.07) is 15.6. The quantitative estimate of drug-likeness (QED) is 0.563. The van der Waals surface area contributed by atoms with Crippen LogP contribution in [0.4, 0.5) is 5.82 Å². The second-order valence-electron chi connectivity index (χ2n) is 9.31. The molecule has 3 aromatic rings. The van der Waals surface area contributed by atoms with Crippen LogP contribution in [0, 0.1) is 0 Å². The monoisotopic (exact) mass is 466 g/mol. The maximum Gasteiger partial charge on any atom is 0.281 e. The van der Waals surface area contributed by atoms with E-state index in [1.807, 2.05) is 39.0 Å². The molecule has 2 heterocycles. The molecule has 3 rings (SSSR count). The van der Waals surface area contributed by atoms with Gasteiger partial charge in [0.15, 0.2) is 5.03 Å². The van der Waals surface area contributed by atoms with Crippen molar-refractivity contribution in [2.45, 2.75) is 57.4 Å². The van der Waals surface area contributed by atoms with Crippen LogP contribution in [-0.2, 0) is 21.9 Å². The zero-order valence-electron chi connectivity index (χ0n) is 19.6. The molecule has 3 N–H and O–H groups in total. The fourth-order valence-corrected chi connectivity index (χ4v) is 4.45. The minimum atomic E-state index is -4.20. The number of benzene rings is 1. The highest BCUT2D eigenvalue weighted by atomic mass is 32.2. The summed E-state index contributed by atoms with van der Waals surface area (Å²) in [5, 5.41) is -0.318. The van der Waals surface area contributed by atoms with E-state index < -0.39 is 15.9 Å². The number of nitrogens with two attached hydrogens (primary N) is 1. The number of nitrogens with one attached hydrogen (secondary N) is 1. The number of carbonyl (C=O) groups is 1. The van der Waals surface area contributed by atoms with Crippen LogP contribution in [0.3, 0.4) is 0 Å². The summed E-state index contributed by atoms with van der Waals surface area (Å²) in [6.07, 6.45) is 0.400. The third-order valence-electron chi connectivity index (χ3n) is 5.27. The van der Waals surface area contributed by atoms with Gasteiger partial charge in [-0.2, -0.15) is 8.42 Å². The van der Waals surface area contributed by atoms with Gasteiger partial charge in [-0.1, -0.05) is 65.0 Å². The number of nitrogen functional groups attached to an aromatic ring is 1. The standard InChI is InChI=1S/C25H30N4O3S/c1-16(2)18-10-7-6-9-17(18)15-20-19(13-14-21(27-20)25(3,4)5)24(30)29-33(31,32)23-12-8-11-22(26)28-23/h6-14,16H,15H2,1-5H3,(H2,26,28)(H,29,30). The molecule has 2 aromatic heterocycles. The lowest BCUT2D eigenvalue weighted by Crippen LogP contribution is -2.32. The number of nitrogens with zero attached hydrogens (tertiary/aromatic N) is 2. The zero-order valence-corrected chi connectivity index (χ0v) is 20.4. The lowest BCUT2D eigenvalue weighted by molar-refractivity contribution is 0.0980. The highest BCUT2D eigenvalue weighted by molar-refractivity contribution is 7.90. The van der Waals surface area contributed by atoms with Crippen LogP contribution in [0.2, 0.25) is 0 Å². The molecule has 0 spiro atoms. The number of hydrogen-bond acceptors (Lipinski definition) is 6. The van der Waals surface area contributed by atoms with Gasteiger partial charge in [0.05, 0.1) is 11.3 Å². The van der Waals surface area contributed by atoms with Crippen molar-refractivity contribution < 1.29 is 13.2 Å². The van der Waals surface area contributed by atoms with Crippen molar-refractivity contribution in [2.24, 2.45) is 0 Å². The van der Waals surface area contributed by atoms with Gasteiger partial charge in [-0.05, 0) is 41.3 Å². The number of rotatable bonds is 6. The summed E-state index contributed by atoms with van der Waals surface area (Å²) in [6.45, 7) is 10.3. The molecular weight excluding hydrogens is 436 g/mol. The van der Waals surface area contributed by atoms with Gasteiger partial charge in [0.25, 0.3) is 15.9 Å². The summed E-state index contributed by atoms with van der Waals surface area (Å²) in [7, 11) is -4.20. The first kappa shape index (κ1) is 24.4. The van der Waals surface area contributed by atoms with Crippen LogP contribution < -0.4 is 10.5 Å². The van der Waals surface area contributed by atoms with Crippen LogP contribution >= 0.6 is 0 Å².